The van der Waals surface area contributed by atoms with Crippen LogP contribution in [-0.2, 0) is 4.74 Å². The first-order chi connectivity index (χ1) is 9.52. The van der Waals surface area contributed by atoms with E-state index in [0.717, 1.165) is 0 Å². The summed E-state index contributed by atoms with van der Waals surface area (Å²) < 4.78 is 11.7. The second kappa shape index (κ2) is 5.60. The molecule has 2 aromatic heterocycles. The molecule has 2 aromatic rings. The summed E-state index contributed by atoms with van der Waals surface area (Å²) in [4.78, 5) is 15.7. The molecule has 0 bridgehead atoms. The summed E-state index contributed by atoms with van der Waals surface area (Å²) in [6.45, 7) is 3.82. The summed E-state index contributed by atoms with van der Waals surface area (Å²) in [6.07, 6.45) is 3.10. The maximum atomic E-state index is 11.5. The molecule has 0 aliphatic heterocycles. The van der Waals surface area contributed by atoms with Crippen LogP contribution in [0, 0.1) is 0 Å². The molecule has 0 radical (unpaired) electrons. The monoisotopic (exact) mass is 276 g/mol. The smallest absolute Gasteiger partial charge is 0.360 e. The maximum absolute atomic E-state index is 11.5. The van der Waals surface area contributed by atoms with Crippen LogP contribution in [0.25, 0.3) is 5.82 Å². The summed E-state index contributed by atoms with van der Waals surface area (Å²) in [5.74, 6) is 0.424. The number of nitrogen functional groups attached to an aromatic ring is 1. The van der Waals surface area contributed by atoms with Crippen LogP contribution in [0.15, 0.2) is 24.5 Å². The lowest BCUT2D eigenvalue weighted by molar-refractivity contribution is 0.0594. The Kier molecular flexibility index (Phi) is 3.88. The third-order valence-corrected chi connectivity index (χ3v) is 2.45. The highest BCUT2D eigenvalue weighted by molar-refractivity contribution is 5.92. The summed E-state index contributed by atoms with van der Waals surface area (Å²) in [6, 6.07) is 3.54. The molecule has 0 atom stereocenters. The van der Waals surface area contributed by atoms with E-state index < -0.39 is 5.97 Å². The number of nitrogens with zero attached hydrogens (tertiary/aromatic N) is 3. The highest BCUT2D eigenvalue weighted by Crippen LogP contribution is 2.22. The molecule has 7 heteroatoms. The molecule has 0 aromatic carbocycles. The lowest BCUT2D eigenvalue weighted by Gasteiger charge is -2.12. The van der Waals surface area contributed by atoms with Gasteiger partial charge >= 0.3 is 5.97 Å². The number of pyridine rings is 1. The molecule has 0 spiro atoms. The van der Waals surface area contributed by atoms with Crippen LogP contribution in [0.4, 0.5) is 5.69 Å². The molecule has 0 fully saturated rings. The Hall–Kier alpha value is -2.57. The summed E-state index contributed by atoms with van der Waals surface area (Å²) in [5.41, 5.74) is 6.02. The quantitative estimate of drug-likeness (QED) is 0.849. The number of methoxy groups -OCH3 is 1. The van der Waals surface area contributed by atoms with Crippen molar-refractivity contribution in [2.45, 2.75) is 20.0 Å². The first-order valence-electron chi connectivity index (χ1n) is 6.08. The standard InChI is InChI=1S/C13H16N4O3/c1-8(2)20-10-5-4-6-15-12(10)17-7-9(14)11(16-17)13(18)19-3/h4-8H,14H2,1-3H3. The zero-order valence-electron chi connectivity index (χ0n) is 11.5. The number of hydrogen-bond donors (Lipinski definition) is 1. The molecule has 20 heavy (non-hydrogen) atoms. The second-order valence-electron chi connectivity index (χ2n) is 4.36. The molecule has 0 saturated heterocycles. The molecule has 2 rings (SSSR count). The number of carbonyl (C=O) groups excluding carboxylic acids is 1. The number of esters is 1. The van der Waals surface area contributed by atoms with E-state index in [9.17, 15) is 4.79 Å². The summed E-state index contributed by atoms with van der Waals surface area (Å²) in [5, 5.41) is 4.09. The SMILES string of the molecule is COC(=O)c1nn(-c2ncccc2OC(C)C)cc1N. The zero-order valence-corrected chi connectivity index (χ0v) is 11.5. The van der Waals surface area contributed by atoms with Gasteiger partial charge in [-0.3, -0.25) is 0 Å². The zero-order chi connectivity index (χ0) is 14.7. The lowest BCUT2D eigenvalue weighted by Crippen LogP contribution is -2.10. The summed E-state index contributed by atoms with van der Waals surface area (Å²) >= 11 is 0. The fourth-order valence-corrected chi connectivity index (χ4v) is 1.65. The largest absolute Gasteiger partial charge is 0.487 e. The Morgan fingerprint density at radius 1 is 1.45 bits per heavy atom. The van der Waals surface area contributed by atoms with E-state index >= 15 is 0 Å². The molecular weight excluding hydrogens is 260 g/mol. The Morgan fingerprint density at radius 2 is 2.20 bits per heavy atom. The number of aromatic nitrogens is 3. The van der Waals surface area contributed by atoms with Crippen LogP contribution in [0.2, 0.25) is 0 Å². The van der Waals surface area contributed by atoms with Gasteiger partial charge in [-0.1, -0.05) is 0 Å². The highest BCUT2D eigenvalue weighted by atomic mass is 16.5. The molecule has 0 unspecified atom stereocenters. The van der Waals surface area contributed by atoms with Crippen LogP contribution in [-0.4, -0.2) is 33.9 Å². The molecule has 0 aliphatic carbocycles. The molecular formula is C13H16N4O3. The molecule has 0 saturated carbocycles. The van der Waals surface area contributed by atoms with Gasteiger partial charge in [0.2, 0.25) is 0 Å². The minimum absolute atomic E-state index is 0.00839. The predicted molar refractivity (Wildman–Crippen MR) is 72.9 cm³/mol. The van der Waals surface area contributed by atoms with Gasteiger partial charge in [-0.25, -0.2) is 14.5 Å². The number of rotatable bonds is 4. The van der Waals surface area contributed by atoms with Crippen LogP contribution in [0.1, 0.15) is 24.3 Å². The predicted octanol–water partition coefficient (Wildman–Crippen LogP) is 1.42. The number of hydrogen-bond acceptors (Lipinski definition) is 6. The van der Waals surface area contributed by atoms with Crippen LogP contribution in [0.5, 0.6) is 5.75 Å². The van der Waals surface area contributed by atoms with E-state index in [1.54, 1.807) is 18.3 Å². The average molecular weight is 276 g/mol. The number of ether oxygens (including phenoxy) is 2. The van der Waals surface area contributed by atoms with Gasteiger partial charge in [0.05, 0.1) is 25.1 Å². The van der Waals surface area contributed by atoms with Gasteiger partial charge in [0, 0.05) is 6.20 Å². The topological polar surface area (TPSA) is 92.3 Å². The van der Waals surface area contributed by atoms with Crippen molar-refractivity contribution in [2.75, 3.05) is 12.8 Å². The van der Waals surface area contributed by atoms with Gasteiger partial charge in [-0.2, -0.15) is 5.10 Å². The fraction of sp³-hybridized carbons (Fsp3) is 0.308. The Balaban J connectivity index is 2.44. The summed E-state index contributed by atoms with van der Waals surface area (Å²) in [7, 11) is 1.27. The highest BCUT2D eigenvalue weighted by Gasteiger charge is 2.18. The van der Waals surface area contributed by atoms with Crippen LogP contribution < -0.4 is 10.5 Å². The minimum Gasteiger partial charge on any atom is -0.487 e. The third kappa shape index (κ3) is 2.71. The molecule has 7 nitrogen and oxygen atoms in total. The van der Waals surface area contributed by atoms with Gasteiger partial charge < -0.3 is 15.2 Å². The number of nitrogens with two attached hydrogens (primary N) is 1. The Morgan fingerprint density at radius 3 is 2.85 bits per heavy atom. The molecule has 2 N–H and O–H groups in total. The van der Waals surface area contributed by atoms with Crippen molar-refractivity contribution < 1.29 is 14.3 Å². The van der Waals surface area contributed by atoms with E-state index in [4.69, 9.17) is 10.5 Å². The molecule has 0 aliphatic rings. The van der Waals surface area contributed by atoms with E-state index in [1.807, 2.05) is 13.8 Å². The van der Waals surface area contributed by atoms with Gasteiger partial charge in [-0.05, 0) is 26.0 Å². The van der Waals surface area contributed by atoms with E-state index in [0.29, 0.717) is 11.6 Å². The van der Waals surface area contributed by atoms with Crippen LogP contribution in [0.3, 0.4) is 0 Å². The second-order valence-corrected chi connectivity index (χ2v) is 4.36. The van der Waals surface area contributed by atoms with E-state index in [1.165, 1.54) is 18.0 Å². The van der Waals surface area contributed by atoms with Crippen molar-refractivity contribution in [3.05, 3.63) is 30.2 Å². The normalized spacial score (nSPS) is 10.6. The van der Waals surface area contributed by atoms with Crippen molar-refractivity contribution in [1.82, 2.24) is 14.8 Å². The molecule has 106 valence electrons. The van der Waals surface area contributed by atoms with Gasteiger partial charge in [-0.15, -0.1) is 0 Å². The first-order valence-corrected chi connectivity index (χ1v) is 6.08. The third-order valence-electron chi connectivity index (χ3n) is 2.45. The van der Waals surface area contributed by atoms with Crippen molar-refractivity contribution in [1.29, 1.82) is 0 Å². The first kappa shape index (κ1) is 13.9. The van der Waals surface area contributed by atoms with Crippen molar-refractivity contribution >= 4 is 11.7 Å². The van der Waals surface area contributed by atoms with Crippen molar-refractivity contribution in [3.8, 4) is 11.6 Å². The van der Waals surface area contributed by atoms with Gasteiger partial charge in [0.25, 0.3) is 0 Å². The Bertz CT molecular complexity index is 622. The lowest BCUT2D eigenvalue weighted by atomic mass is 10.4. The number of anilines is 1. The van der Waals surface area contributed by atoms with Gasteiger partial charge in [0.15, 0.2) is 17.3 Å². The number of carbonyl (C=O) groups is 1. The van der Waals surface area contributed by atoms with E-state index in [-0.39, 0.29) is 17.5 Å². The maximum Gasteiger partial charge on any atom is 0.360 e. The fourth-order valence-electron chi connectivity index (χ4n) is 1.65. The molecule has 2 heterocycles. The van der Waals surface area contributed by atoms with Gasteiger partial charge in [0.1, 0.15) is 0 Å². The van der Waals surface area contributed by atoms with Crippen molar-refractivity contribution in [2.24, 2.45) is 0 Å². The average Bonchev–Trinajstić information content (AvgIpc) is 2.80. The van der Waals surface area contributed by atoms with E-state index in [2.05, 4.69) is 14.8 Å². The van der Waals surface area contributed by atoms with Crippen LogP contribution >= 0.6 is 0 Å². The minimum atomic E-state index is -0.594. The molecule has 0 amide bonds. The van der Waals surface area contributed by atoms with Crippen molar-refractivity contribution in [3.63, 3.8) is 0 Å². The Labute approximate surface area is 116 Å².